The van der Waals surface area contributed by atoms with Gasteiger partial charge in [-0.1, -0.05) is 29.8 Å². The lowest BCUT2D eigenvalue weighted by Crippen LogP contribution is -2.48. The minimum Gasteiger partial charge on any atom is -0.462 e. The summed E-state index contributed by atoms with van der Waals surface area (Å²) in [4.78, 5) is 39.7. The fourth-order valence-corrected chi connectivity index (χ4v) is 4.84. The van der Waals surface area contributed by atoms with Gasteiger partial charge in [-0.25, -0.2) is 9.59 Å². The van der Waals surface area contributed by atoms with E-state index >= 15 is 0 Å². The number of fused-ring (bicyclic) bond motifs is 3. The molecule has 29 heavy (non-hydrogen) atoms. The molecule has 4 rings (SSSR count). The topological polar surface area (TPSA) is 108 Å². The Morgan fingerprint density at radius 1 is 1.31 bits per heavy atom. The number of halogens is 1. The van der Waals surface area contributed by atoms with Gasteiger partial charge in [0.05, 0.1) is 12.2 Å². The lowest BCUT2D eigenvalue weighted by molar-refractivity contribution is -0.146. The summed E-state index contributed by atoms with van der Waals surface area (Å²) >= 11 is 3.42. The first-order valence-electron chi connectivity index (χ1n) is 9.35. The summed E-state index contributed by atoms with van der Waals surface area (Å²) in [6, 6.07) is 5.22. The van der Waals surface area contributed by atoms with Gasteiger partial charge in [-0.15, -0.1) is 0 Å². The Morgan fingerprint density at radius 3 is 2.72 bits per heavy atom. The Hall–Kier alpha value is -2.61. The summed E-state index contributed by atoms with van der Waals surface area (Å²) in [5, 5.41) is 2.97. The lowest BCUT2D eigenvalue weighted by Gasteiger charge is -2.38. The summed E-state index contributed by atoms with van der Waals surface area (Å²) in [6.45, 7) is 5.64. The van der Waals surface area contributed by atoms with Gasteiger partial charge in [0.25, 0.3) is 0 Å². The van der Waals surface area contributed by atoms with Gasteiger partial charge >= 0.3 is 11.9 Å². The van der Waals surface area contributed by atoms with E-state index in [2.05, 4.69) is 21.2 Å². The molecule has 0 aromatic heterocycles. The Balaban J connectivity index is 2.08. The second kappa shape index (κ2) is 6.45. The molecule has 1 aromatic carbocycles. The van der Waals surface area contributed by atoms with E-state index < -0.39 is 17.4 Å². The van der Waals surface area contributed by atoms with Crippen molar-refractivity contribution in [2.75, 3.05) is 11.9 Å². The maximum Gasteiger partial charge on any atom is 0.339 e. The van der Waals surface area contributed by atoms with Gasteiger partial charge < -0.3 is 20.5 Å². The fourth-order valence-electron chi connectivity index (χ4n) is 4.48. The average Bonchev–Trinajstić information content (AvgIpc) is 2.87. The number of benzene rings is 1. The summed E-state index contributed by atoms with van der Waals surface area (Å²) in [5.41, 5.74) is 5.17. The fraction of sp³-hybridized carbons (Fsp3) is 0.381. The van der Waals surface area contributed by atoms with Gasteiger partial charge in [-0.3, -0.25) is 4.79 Å². The van der Waals surface area contributed by atoms with E-state index in [9.17, 15) is 14.4 Å². The quantitative estimate of drug-likeness (QED) is 0.652. The Bertz CT molecular complexity index is 1040. The molecule has 7 nitrogen and oxygen atoms in total. The molecule has 0 saturated heterocycles. The van der Waals surface area contributed by atoms with Crippen LogP contribution in [-0.4, -0.2) is 24.3 Å². The van der Waals surface area contributed by atoms with Crippen molar-refractivity contribution in [2.45, 2.75) is 39.0 Å². The van der Waals surface area contributed by atoms with Crippen molar-refractivity contribution in [1.29, 1.82) is 0 Å². The van der Waals surface area contributed by atoms with E-state index in [0.717, 1.165) is 0 Å². The number of hydrogen-bond donors (Lipinski definition) is 2. The van der Waals surface area contributed by atoms with Crippen LogP contribution in [0.3, 0.4) is 0 Å². The SMILES string of the molecule is CCOC(=O)C1=C(N)Nc2ccc(Br)cc2[C@@]12C(=O)OC1=C2C(=O)CC(C)(C)C1. The highest BCUT2D eigenvalue weighted by Crippen LogP contribution is 2.56. The molecule has 8 heteroatoms. The van der Waals surface area contributed by atoms with Crippen LogP contribution in [0.25, 0.3) is 0 Å². The van der Waals surface area contributed by atoms with E-state index in [1.165, 1.54) is 0 Å². The van der Waals surface area contributed by atoms with Crippen molar-refractivity contribution in [3.8, 4) is 0 Å². The third-order valence-electron chi connectivity index (χ3n) is 5.51. The number of Topliss-reactive ketones (excluding diaryl/α,β-unsaturated/α-hetero) is 1. The molecular weight excluding hydrogens is 440 g/mol. The first-order valence-corrected chi connectivity index (χ1v) is 10.1. The Morgan fingerprint density at radius 2 is 2.03 bits per heavy atom. The maximum atomic E-state index is 13.5. The van der Waals surface area contributed by atoms with Gasteiger partial charge in [-0.2, -0.15) is 0 Å². The van der Waals surface area contributed by atoms with Crippen LogP contribution in [0.5, 0.6) is 0 Å². The first-order chi connectivity index (χ1) is 13.6. The van der Waals surface area contributed by atoms with Crippen LogP contribution in [-0.2, 0) is 29.3 Å². The monoisotopic (exact) mass is 460 g/mol. The molecule has 0 bridgehead atoms. The zero-order valence-electron chi connectivity index (χ0n) is 16.3. The van der Waals surface area contributed by atoms with Crippen LogP contribution in [0.1, 0.15) is 39.2 Å². The normalized spacial score (nSPS) is 24.8. The number of rotatable bonds is 2. The molecule has 1 aliphatic carbocycles. The number of carbonyl (C=O) groups excluding carboxylic acids is 3. The molecule has 1 atom stereocenters. The third kappa shape index (κ3) is 2.73. The highest BCUT2D eigenvalue weighted by Gasteiger charge is 2.64. The third-order valence-corrected chi connectivity index (χ3v) is 6.01. The van der Waals surface area contributed by atoms with Crippen LogP contribution in [0, 0.1) is 5.41 Å². The number of nitrogens with two attached hydrogens (primary N) is 1. The summed E-state index contributed by atoms with van der Waals surface area (Å²) < 4.78 is 11.6. The van der Waals surface area contributed by atoms with E-state index in [-0.39, 0.29) is 41.2 Å². The van der Waals surface area contributed by atoms with Crippen LogP contribution in [0.2, 0.25) is 0 Å². The molecular formula is C21H21BrN2O5. The standard InChI is InChI=1S/C21H21BrN2O5/c1-4-28-18(26)16-17(23)24-12-6-5-10(22)7-11(12)21(16)15-13(25)8-20(2,3)9-14(15)29-19(21)27/h5-7,24H,4,8-9,23H2,1-3H3/t21-/m0/s1. The maximum absolute atomic E-state index is 13.5. The molecule has 0 unspecified atom stereocenters. The van der Waals surface area contributed by atoms with Crippen molar-refractivity contribution < 1.29 is 23.9 Å². The van der Waals surface area contributed by atoms with Gasteiger partial charge in [0.15, 0.2) is 11.2 Å². The van der Waals surface area contributed by atoms with Crippen molar-refractivity contribution in [2.24, 2.45) is 11.1 Å². The van der Waals surface area contributed by atoms with Gasteiger partial charge in [0.2, 0.25) is 0 Å². The number of ketones is 1. The number of esters is 2. The molecule has 152 valence electrons. The molecule has 0 amide bonds. The minimum absolute atomic E-state index is 0.0263. The lowest BCUT2D eigenvalue weighted by atomic mass is 9.62. The summed E-state index contributed by atoms with van der Waals surface area (Å²) in [6.07, 6.45) is 0.644. The van der Waals surface area contributed by atoms with Crippen molar-refractivity contribution >= 4 is 39.3 Å². The summed E-state index contributed by atoms with van der Waals surface area (Å²) in [5.74, 6) is -1.42. The van der Waals surface area contributed by atoms with Crippen molar-refractivity contribution in [1.82, 2.24) is 0 Å². The summed E-state index contributed by atoms with van der Waals surface area (Å²) in [7, 11) is 0. The number of allylic oxidation sites excluding steroid dienone is 1. The van der Waals surface area contributed by atoms with Crippen molar-refractivity contribution in [3.05, 3.63) is 51.0 Å². The Labute approximate surface area is 176 Å². The molecule has 0 fully saturated rings. The number of nitrogens with one attached hydrogen (secondary N) is 1. The molecule has 1 aromatic rings. The molecule has 3 aliphatic rings. The predicted molar refractivity (Wildman–Crippen MR) is 108 cm³/mol. The molecule has 0 saturated carbocycles. The molecule has 0 radical (unpaired) electrons. The van der Waals surface area contributed by atoms with Crippen molar-refractivity contribution in [3.63, 3.8) is 0 Å². The second-order valence-electron chi connectivity index (χ2n) is 8.20. The van der Waals surface area contributed by atoms with Crippen LogP contribution in [0.15, 0.2) is 45.4 Å². The average molecular weight is 461 g/mol. The van der Waals surface area contributed by atoms with Gasteiger partial charge in [0, 0.05) is 28.6 Å². The second-order valence-corrected chi connectivity index (χ2v) is 9.12. The molecule has 2 aliphatic heterocycles. The Kier molecular flexibility index (Phi) is 4.38. The number of ether oxygens (including phenoxy) is 2. The smallest absolute Gasteiger partial charge is 0.339 e. The zero-order valence-corrected chi connectivity index (χ0v) is 17.9. The van der Waals surface area contributed by atoms with E-state index in [0.29, 0.717) is 27.9 Å². The highest BCUT2D eigenvalue weighted by atomic mass is 79.9. The number of anilines is 1. The molecule has 3 N–H and O–H groups in total. The van der Waals surface area contributed by atoms with Gasteiger partial charge in [0.1, 0.15) is 17.2 Å². The van der Waals surface area contributed by atoms with E-state index in [1.54, 1.807) is 25.1 Å². The molecule has 1 spiro atoms. The minimum atomic E-state index is -1.75. The van der Waals surface area contributed by atoms with Gasteiger partial charge in [-0.05, 0) is 30.5 Å². The number of carbonyl (C=O) groups is 3. The zero-order chi connectivity index (χ0) is 21.1. The predicted octanol–water partition coefficient (Wildman–Crippen LogP) is 3.05. The van der Waals surface area contributed by atoms with Crippen LogP contribution < -0.4 is 11.1 Å². The van der Waals surface area contributed by atoms with E-state index in [4.69, 9.17) is 15.2 Å². The van der Waals surface area contributed by atoms with Crippen LogP contribution >= 0.6 is 15.9 Å². The van der Waals surface area contributed by atoms with E-state index in [1.807, 2.05) is 13.8 Å². The largest absolute Gasteiger partial charge is 0.462 e. The first kappa shape index (κ1) is 19.7. The highest BCUT2D eigenvalue weighted by molar-refractivity contribution is 9.10. The number of hydrogen-bond acceptors (Lipinski definition) is 7. The van der Waals surface area contributed by atoms with Crippen LogP contribution in [0.4, 0.5) is 5.69 Å². The molecule has 2 heterocycles.